The van der Waals surface area contributed by atoms with E-state index in [0.717, 1.165) is 17.8 Å². The predicted molar refractivity (Wildman–Crippen MR) is 96.7 cm³/mol. The van der Waals surface area contributed by atoms with Crippen molar-refractivity contribution in [3.63, 3.8) is 0 Å². The molecule has 4 heteroatoms. The van der Waals surface area contributed by atoms with Gasteiger partial charge in [0, 0.05) is 0 Å². The van der Waals surface area contributed by atoms with E-state index in [0.29, 0.717) is 0 Å². The average molecular weight is 308 g/mol. The zero-order valence-corrected chi connectivity index (χ0v) is 14.3. The Bertz CT molecular complexity index is 674. The molecule has 0 bridgehead atoms. The van der Waals surface area contributed by atoms with Crippen LogP contribution in [0.3, 0.4) is 0 Å². The smallest absolute Gasteiger partial charge is 0.267 e. The van der Waals surface area contributed by atoms with Gasteiger partial charge in [-0.1, -0.05) is 36.4 Å². The van der Waals surface area contributed by atoms with E-state index in [1.54, 1.807) is 0 Å². The minimum atomic E-state index is 0.893. The largest absolute Gasteiger partial charge is 0.306 e. The average Bonchev–Trinajstić information content (AvgIpc) is 2.97. The molecule has 3 rings (SSSR count). The fraction of sp³-hybridized carbons (Fsp3) is 0.263. The summed E-state index contributed by atoms with van der Waals surface area (Å²) in [7, 11) is 8.42. The van der Waals surface area contributed by atoms with Crippen molar-refractivity contribution in [2.45, 2.75) is 6.42 Å². The fourth-order valence-corrected chi connectivity index (χ4v) is 2.88. The van der Waals surface area contributed by atoms with Crippen molar-refractivity contribution in [1.29, 1.82) is 0 Å². The third-order valence-corrected chi connectivity index (χ3v) is 4.04. The molecule has 0 unspecified atom stereocenters. The van der Waals surface area contributed by atoms with E-state index in [1.807, 2.05) is 0 Å². The summed E-state index contributed by atoms with van der Waals surface area (Å²) in [5, 5.41) is 4.59. The van der Waals surface area contributed by atoms with Crippen molar-refractivity contribution in [3.8, 4) is 0 Å². The Morgan fingerprint density at radius 1 is 0.609 bits per heavy atom. The number of hydrogen-bond acceptors (Lipinski definition) is 0. The molecule has 0 spiro atoms. The third kappa shape index (κ3) is 2.84. The van der Waals surface area contributed by atoms with Crippen molar-refractivity contribution in [2.24, 2.45) is 0 Å². The number of rotatable bonds is 2. The summed E-state index contributed by atoms with van der Waals surface area (Å²) in [5.41, 5.74) is 2.33. The standard InChI is InChI=1S/C19H24N4/c1-20(2)18-15-19(21(3)4)23(17-13-9-6-10-14-17)22(18)16-11-7-5-8-12-16/h5-14H,15H2,1-4H3/q+2. The van der Waals surface area contributed by atoms with Gasteiger partial charge in [0.05, 0.1) is 28.2 Å². The van der Waals surface area contributed by atoms with Crippen LogP contribution in [0.4, 0.5) is 11.4 Å². The maximum Gasteiger partial charge on any atom is 0.306 e. The zero-order valence-electron chi connectivity index (χ0n) is 14.3. The second kappa shape index (κ2) is 6.24. The molecule has 0 radical (unpaired) electrons. The highest BCUT2D eigenvalue weighted by atomic mass is 15.7. The van der Waals surface area contributed by atoms with Crippen LogP contribution in [-0.2, 0) is 0 Å². The Hall–Kier alpha value is -2.62. The highest BCUT2D eigenvalue weighted by molar-refractivity contribution is 6.21. The Morgan fingerprint density at radius 2 is 0.957 bits per heavy atom. The second-order valence-corrected chi connectivity index (χ2v) is 6.09. The molecule has 0 N–H and O–H groups in total. The molecule has 2 aromatic rings. The van der Waals surface area contributed by atoms with E-state index in [9.17, 15) is 0 Å². The van der Waals surface area contributed by atoms with Crippen molar-refractivity contribution in [3.05, 3.63) is 60.7 Å². The summed E-state index contributed by atoms with van der Waals surface area (Å²) in [6.45, 7) is 0. The predicted octanol–water partition coefficient (Wildman–Crippen LogP) is 2.66. The first-order valence-electron chi connectivity index (χ1n) is 7.86. The van der Waals surface area contributed by atoms with Gasteiger partial charge in [-0.05, 0) is 34.3 Å². The lowest BCUT2D eigenvalue weighted by atomic mass is 10.3. The van der Waals surface area contributed by atoms with Gasteiger partial charge in [0.2, 0.25) is 0 Å². The van der Waals surface area contributed by atoms with E-state index < -0.39 is 0 Å². The summed E-state index contributed by atoms with van der Waals surface area (Å²) in [6.07, 6.45) is 0.893. The van der Waals surface area contributed by atoms with Gasteiger partial charge < -0.3 is 0 Å². The molecule has 0 amide bonds. The Balaban J connectivity index is 2.22. The molecule has 0 aliphatic carbocycles. The lowest BCUT2D eigenvalue weighted by Crippen LogP contribution is -2.44. The van der Waals surface area contributed by atoms with Crippen LogP contribution in [0, 0.1) is 0 Å². The first kappa shape index (κ1) is 15.3. The molecule has 2 aromatic carbocycles. The van der Waals surface area contributed by atoms with Crippen LogP contribution in [0.25, 0.3) is 0 Å². The summed E-state index contributed by atoms with van der Waals surface area (Å²) < 4.78 is 4.39. The van der Waals surface area contributed by atoms with Gasteiger partial charge in [-0.3, -0.25) is 9.15 Å². The van der Waals surface area contributed by atoms with Gasteiger partial charge in [-0.2, -0.15) is 0 Å². The summed E-state index contributed by atoms with van der Waals surface area (Å²) >= 11 is 0. The number of hydrogen-bond donors (Lipinski definition) is 0. The number of nitrogens with zero attached hydrogens (tertiary/aromatic N) is 4. The molecule has 118 valence electrons. The lowest BCUT2D eigenvalue weighted by molar-refractivity contribution is -0.469. The van der Waals surface area contributed by atoms with Gasteiger partial charge in [0.25, 0.3) is 0 Å². The molecule has 0 atom stereocenters. The van der Waals surface area contributed by atoms with Crippen LogP contribution < -0.4 is 10.0 Å². The fourth-order valence-electron chi connectivity index (χ4n) is 2.88. The van der Waals surface area contributed by atoms with Crippen LogP contribution in [0.2, 0.25) is 0 Å². The van der Waals surface area contributed by atoms with E-state index in [4.69, 9.17) is 0 Å². The zero-order chi connectivity index (χ0) is 16.4. The summed E-state index contributed by atoms with van der Waals surface area (Å²) in [5.74, 6) is 2.51. The van der Waals surface area contributed by atoms with Crippen LogP contribution in [0.1, 0.15) is 6.42 Å². The van der Waals surface area contributed by atoms with Crippen molar-refractivity contribution >= 4 is 23.0 Å². The first-order chi connectivity index (χ1) is 11.1. The number of para-hydroxylation sites is 2. The van der Waals surface area contributed by atoms with E-state index >= 15 is 0 Å². The molecule has 0 saturated carbocycles. The molecule has 1 aliphatic rings. The number of hydrazine groups is 1. The molecular formula is C19H24N4+2. The highest BCUT2D eigenvalue weighted by Gasteiger charge is 2.50. The van der Waals surface area contributed by atoms with Crippen LogP contribution in [0.15, 0.2) is 60.7 Å². The topological polar surface area (TPSA) is 12.5 Å². The monoisotopic (exact) mass is 308 g/mol. The van der Waals surface area contributed by atoms with Crippen LogP contribution in [0.5, 0.6) is 0 Å². The molecule has 4 nitrogen and oxygen atoms in total. The Morgan fingerprint density at radius 3 is 1.26 bits per heavy atom. The molecule has 1 fully saturated rings. The SMILES string of the molecule is C[N+](C)=C1CC(=[N+](C)C)N(c2ccccc2)N1c1ccccc1. The van der Waals surface area contributed by atoms with E-state index in [1.165, 1.54) is 11.7 Å². The highest BCUT2D eigenvalue weighted by Crippen LogP contribution is 2.29. The Kier molecular flexibility index (Phi) is 4.15. The normalized spacial score (nSPS) is 14.4. The van der Waals surface area contributed by atoms with Crippen LogP contribution >= 0.6 is 0 Å². The van der Waals surface area contributed by atoms with Crippen molar-refractivity contribution < 1.29 is 9.15 Å². The van der Waals surface area contributed by atoms with Crippen molar-refractivity contribution in [1.82, 2.24) is 0 Å². The molecule has 0 aromatic heterocycles. The molecule has 23 heavy (non-hydrogen) atoms. The van der Waals surface area contributed by atoms with Gasteiger partial charge >= 0.3 is 11.7 Å². The summed E-state index contributed by atoms with van der Waals surface area (Å²) in [4.78, 5) is 0. The minimum absolute atomic E-state index is 0.893. The third-order valence-electron chi connectivity index (χ3n) is 4.04. The number of amidine groups is 2. The maximum atomic E-state index is 2.30. The quantitative estimate of drug-likeness (QED) is 0.791. The molecule has 1 aliphatic heterocycles. The van der Waals surface area contributed by atoms with Crippen molar-refractivity contribution in [2.75, 3.05) is 38.2 Å². The number of anilines is 2. The van der Waals surface area contributed by atoms with E-state index in [2.05, 4.69) is 108 Å². The summed E-state index contributed by atoms with van der Waals surface area (Å²) in [6, 6.07) is 21.0. The van der Waals surface area contributed by atoms with Gasteiger partial charge in [-0.15, -0.1) is 0 Å². The van der Waals surface area contributed by atoms with Gasteiger partial charge in [0.1, 0.15) is 0 Å². The lowest BCUT2D eigenvalue weighted by Gasteiger charge is -2.18. The van der Waals surface area contributed by atoms with E-state index in [-0.39, 0.29) is 0 Å². The molecular weight excluding hydrogens is 284 g/mol. The molecule has 1 heterocycles. The molecule has 1 saturated heterocycles. The Labute approximate surface area is 138 Å². The first-order valence-corrected chi connectivity index (χ1v) is 7.86. The minimum Gasteiger partial charge on any atom is -0.267 e. The van der Waals surface area contributed by atoms with Gasteiger partial charge in [-0.25, -0.2) is 0 Å². The second-order valence-electron chi connectivity index (χ2n) is 6.09. The maximum absolute atomic E-state index is 2.30. The number of benzene rings is 2. The van der Waals surface area contributed by atoms with Gasteiger partial charge in [0.15, 0.2) is 17.8 Å². The van der Waals surface area contributed by atoms with Crippen LogP contribution in [-0.4, -0.2) is 49.0 Å².